The van der Waals surface area contributed by atoms with Gasteiger partial charge in [0.1, 0.15) is 5.75 Å². The second kappa shape index (κ2) is 8.55. The Labute approximate surface area is 166 Å². The van der Waals surface area contributed by atoms with E-state index in [9.17, 15) is 22.8 Å². The lowest BCUT2D eigenvalue weighted by Crippen LogP contribution is -2.31. The molecule has 0 saturated heterocycles. The predicted octanol–water partition coefficient (Wildman–Crippen LogP) is 4.09. The zero-order chi connectivity index (χ0) is 21.0. The number of halogens is 3. The van der Waals surface area contributed by atoms with E-state index in [-0.39, 0.29) is 30.9 Å². The summed E-state index contributed by atoms with van der Waals surface area (Å²) in [6.45, 7) is -0.0605. The number of anilines is 1. The van der Waals surface area contributed by atoms with Crippen LogP contribution in [-0.4, -0.2) is 30.4 Å². The van der Waals surface area contributed by atoms with Crippen molar-refractivity contribution in [3.63, 3.8) is 0 Å². The summed E-state index contributed by atoms with van der Waals surface area (Å²) in [5.41, 5.74) is 0.454. The number of hydrogen-bond acceptors (Lipinski definition) is 3. The van der Waals surface area contributed by atoms with Crippen LogP contribution in [0.25, 0.3) is 0 Å². The Morgan fingerprint density at radius 1 is 1.14 bits per heavy atom. The number of likely N-dealkylation sites (N-methyl/N-ethyl adjacent to an activating group) is 1. The highest BCUT2D eigenvalue weighted by molar-refractivity contribution is 5.94. The number of ether oxygens (including phenoxy) is 1. The van der Waals surface area contributed by atoms with E-state index in [1.165, 1.54) is 17.0 Å². The number of carbonyl (C=O) groups is 2. The number of rotatable bonds is 7. The van der Waals surface area contributed by atoms with Gasteiger partial charge in [0.05, 0.1) is 5.56 Å². The number of alkyl halides is 3. The number of benzene rings is 2. The van der Waals surface area contributed by atoms with Crippen LogP contribution < -0.4 is 10.1 Å². The largest absolute Gasteiger partial charge is 0.484 e. The van der Waals surface area contributed by atoms with E-state index in [4.69, 9.17) is 4.74 Å². The molecule has 0 bridgehead atoms. The van der Waals surface area contributed by atoms with Crippen LogP contribution in [0.5, 0.6) is 5.75 Å². The van der Waals surface area contributed by atoms with E-state index in [1.54, 1.807) is 31.3 Å². The monoisotopic (exact) mass is 406 g/mol. The first-order valence-electron chi connectivity index (χ1n) is 9.16. The van der Waals surface area contributed by atoms with Gasteiger partial charge in [0.2, 0.25) is 5.91 Å². The van der Waals surface area contributed by atoms with Gasteiger partial charge in [0, 0.05) is 31.3 Å². The topological polar surface area (TPSA) is 58.6 Å². The highest BCUT2D eigenvalue weighted by Gasteiger charge is 2.30. The number of hydrogen-bond donors (Lipinski definition) is 1. The fraction of sp³-hybridized carbons (Fsp3) is 0.333. The summed E-state index contributed by atoms with van der Waals surface area (Å²) in [5.74, 6) is 0.182. The molecule has 3 rings (SSSR count). The van der Waals surface area contributed by atoms with E-state index in [1.807, 2.05) is 0 Å². The zero-order valence-corrected chi connectivity index (χ0v) is 15.8. The quantitative estimate of drug-likeness (QED) is 0.754. The minimum atomic E-state index is -4.39. The van der Waals surface area contributed by atoms with Crippen LogP contribution in [0.3, 0.4) is 0 Å². The summed E-state index contributed by atoms with van der Waals surface area (Å²) >= 11 is 0. The summed E-state index contributed by atoms with van der Waals surface area (Å²) in [6.07, 6.45) is -2.58. The Hall–Kier alpha value is -3.03. The number of nitrogens with zero attached hydrogens (tertiary/aromatic N) is 1. The van der Waals surface area contributed by atoms with Gasteiger partial charge < -0.3 is 15.0 Å². The molecule has 0 radical (unpaired) electrons. The minimum absolute atomic E-state index is 0.0190. The van der Waals surface area contributed by atoms with E-state index in [0.29, 0.717) is 17.0 Å². The van der Waals surface area contributed by atoms with Gasteiger partial charge >= 0.3 is 6.18 Å². The van der Waals surface area contributed by atoms with E-state index in [2.05, 4.69) is 5.32 Å². The van der Waals surface area contributed by atoms with Crippen molar-refractivity contribution in [2.45, 2.75) is 25.6 Å². The highest BCUT2D eigenvalue weighted by Crippen LogP contribution is 2.31. The molecule has 2 aromatic rings. The van der Waals surface area contributed by atoms with Crippen molar-refractivity contribution in [1.29, 1.82) is 0 Å². The Morgan fingerprint density at radius 3 is 2.45 bits per heavy atom. The number of amides is 2. The van der Waals surface area contributed by atoms with E-state index in [0.717, 1.165) is 25.0 Å². The van der Waals surface area contributed by atoms with E-state index < -0.39 is 11.7 Å². The summed E-state index contributed by atoms with van der Waals surface area (Å²) in [5, 5.41) is 2.81. The molecule has 1 aliphatic rings. The van der Waals surface area contributed by atoms with Crippen LogP contribution in [0.15, 0.2) is 48.5 Å². The van der Waals surface area contributed by atoms with Crippen molar-refractivity contribution in [1.82, 2.24) is 4.90 Å². The first kappa shape index (κ1) is 20.7. The maximum atomic E-state index is 12.6. The molecule has 5 nitrogen and oxygen atoms in total. The van der Waals surface area contributed by atoms with E-state index >= 15 is 0 Å². The van der Waals surface area contributed by atoms with Crippen LogP contribution in [0.1, 0.15) is 24.0 Å². The average Bonchev–Trinajstić information content (AvgIpc) is 3.51. The van der Waals surface area contributed by atoms with Gasteiger partial charge in [-0.1, -0.05) is 18.2 Å². The fourth-order valence-electron chi connectivity index (χ4n) is 2.67. The van der Waals surface area contributed by atoms with Gasteiger partial charge in [-0.15, -0.1) is 0 Å². The van der Waals surface area contributed by atoms with Crippen molar-refractivity contribution < 1.29 is 27.5 Å². The first-order chi connectivity index (χ1) is 13.7. The average molecular weight is 406 g/mol. The SMILES string of the molecule is CN(Cc1ccc(C(F)(F)F)cc1)C(=O)COc1cccc(NC(=O)C2CC2)c1. The van der Waals surface area contributed by atoms with Crippen LogP contribution in [-0.2, 0) is 22.3 Å². The number of nitrogens with one attached hydrogen (secondary N) is 1. The van der Waals surface area contributed by atoms with Crippen LogP contribution >= 0.6 is 0 Å². The lowest BCUT2D eigenvalue weighted by molar-refractivity contribution is -0.137. The smallest absolute Gasteiger partial charge is 0.416 e. The molecule has 0 aromatic heterocycles. The predicted molar refractivity (Wildman–Crippen MR) is 101 cm³/mol. The van der Waals surface area contributed by atoms with Gasteiger partial charge in [0.15, 0.2) is 6.61 Å². The van der Waals surface area contributed by atoms with Gasteiger partial charge in [-0.05, 0) is 42.7 Å². The van der Waals surface area contributed by atoms with Crippen molar-refractivity contribution in [2.75, 3.05) is 19.0 Å². The molecule has 1 aliphatic carbocycles. The molecule has 0 atom stereocenters. The number of carbonyl (C=O) groups excluding carboxylic acids is 2. The van der Waals surface area contributed by atoms with Crippen molar-refractivity contribution in [3.8, 4) is 5.75 Å². The van der Waals surface area contributed by atoms with Gasteiger partial charge in [-0.2, -0.15) is 13.2 Å². The molecule has 1 N–H and O–H groups in total. The lowest BCUT2D eigenvalue weighted by Gasteiger charge is -2.18. The molecule has 2 amide bonds. The summed E-state index contributed by atoms with van der Waals surface area (Å²) in [6, 6.07) is 11.5. The Morgan fingerprint density at radius 2 is 1.83 bits per heavy atom. The summed E-state index contributed by atoms with van der Waals surface area (Å²) < 4.78 is 43.3. The third-order valence-corrected chi connectivity index (χ3v) is 4.54. The fourth-order valence-corrected chi connectivity index (χ4v) is 2.67. The third-order valence-electron chi connectivity index (χ3n) is 4.54. The zero-order valence-electron chi connectivity index (χ0n) is 15.8. The summed E-state index contributed by atoms with van der Waals surface area (Å²) in [4.78, 5) is 25.5. The van der Waals surface area contributed by atoms with Crippen LogP contribution in [0.4, 0.5) is 18.9 Å². The van der Waals surface area contributed by atoms with Gasteiger partial charge in [0.25, 0.3) is 5.91 Å². The minimum Gasteiger partial charge on any atom is -0.484 e. The first-order valence-corrected chi connectivity index (χ1v) is 9.16. The Bertz CT molecular complexity index is 877. The molecule has 1 saturated carbocycles. The van der Waals surface area contributed by atoms with Crippen LogP contribution in [0.2, 0.25) is 0 Å². The summed E-state index contributed by atoms with van der Waals surface area (Å²) in [7, 11) is 1.55. The second-order valence-corrected chi connectivity index (χ2v) is 7.02. The Balaban J connectivity index is 1.50. The molecule has 8 heteroatoms. The standard InChI is InChI=1S/C21H21F3N2O3/c1-26(12-14-5-9-16(10-6-14)21(22,23)24)19(27)13-29-18-4-2-3-17(11-18)25-20(28)15-7-8-15/h2-6,9-11,15H,7-8,12-13H2,1H3,(H,25,28). The molecule has 1 fully saturated rings. The lowest BCUT2D eigenvalue weighted by atomic mass is 10.1. The molecular weight excluding hydrogens is 385 g/mol. The second-order valence-electron chi connectivity index (χ2n) is 7.02. The van der Waals surface area contributed by atoms with Crippen molar-refractivity contribution >= 4 is 17.5 Å². The molecule has 29 heavy (non-hydrogen) atoms. The molecule has 0 spiro atoms. The molecular formula is C21H21F3N2O3. The molecule has 0 unspecified atom stereocenters. The molecule has 0 heterocycles. The molecule has 154 valence electrons. The Kier molecular flexibility index (Phi) is 6.10. The normalized spacial score (nSPS) is 13.7. The highest BCUT2D eigenvalue weighted by atomic mass is 19.4. The van der Waals surface area contributed by atoms with Crippen molar-refractivity contribution in [3.05, 3.63) is 59.7 Å². The van der Waals surface area contributed by atoms with Gasteiger partial charge in [-0.3, -0.25) is 9.59 Å². The van der Waals surface area contributed by atoms with Gasteiger partial charge in [-0.25, -0.2) is 0 Å². The molecule has 2 aromatic carbocycles. The maximum absolute atomic E-state index is 12.6. The maximum Gasteiger partial charge on any atom is 0.416 e. The van der Waals surface area contributed by atoms with Crippen molar-refractivity contribution in [2.24, 2.45) is 5.92 Å². The molecule has 0 aliphatic heterocycles. The van der Waals surface area contributed by atoms with Crippen LogP contribution in [0, 0.1) is 5.92 Å². The third kappa shape index (κ3) is 5.97.